The lowest BCUT2D eigenvalue weighted by molar-refractivity contribution is 0.0821. The van der Waals surface area contributed by atoms with Gasteiger partial charge in [0, 0.05) is 38.3 Å². The molecule has 0 spiro atoms. The number of amides is 1. The Bertz CT molecular complexity index is 716. The average molecular weight is 359 g/mol. The normalized spacial score (nSPS) is 18.3. The van der Waals surface area contributed by atoms with Gasteiger partial charge in [-0.15, -0.1) is 11.3 Å². The molecule has 3 rings (SSSR count). The van der Waals surface area contributed by atoms with Crippen LogP contribution in [0.5, 0.6) is 0 Å². The van der Waals surface area contributed by atoms with Crippen LogP contribution in [0, 0.1) is 12.8 Å². The SMILES string of the molecule is Cc1nc(CC2CCCN(Cc3cscn3)C2)cc(C(=O)N(C)C)n1. The zero-order valence-corrected chi connectivity index (χ0v) is 15.9. The van der Waals surface area contributed by atoms with E-state index in [4.69, 9.17) is 0 Å². The van der Waals surface area contributed by atoms with E-state index in [0.29, 0.717) is 17.4 Å². The molecule has 25 heavy (non-hydrogen) atoms. The van der Waals surface area contributed by atoms with Crippen LogP contribution in [0.4, 0.5) is 0 Å². The minimum atomic E-state index is -0.0689. The number of aryl methyl sites for hydroxylation is 1. The summed E-state index contributed by atoms with van der Waals surface area (Å²) < 4.78 is 0. The molecule has 0 N–H and O–H groups in total. The number of carbonyl (C=O) groups is 1. The van der Waals surface area contributed by atoms with Crippen LogP contribution in [-0.2, 0) is 13.0 Å². The number of likely N-dealkylation sites (tertiary alicyclic amines) is 1. The molecule has 0 saturated carbocycles. The second-order valence-electron chi connectivity index (χ2n) is 6.92. The molecule has 0 aromatic carbocycles. The first-order chi connectivity index (χ1) is 12.0. The van der Waals surface area contributed by atoms with Crippen molar-refractivity contribution in [1.82, 2.24) is 24.8 Å². The Morgan fingerprint density at radius 3 is 2.92 bits per heavy atom. The summed E-state index contributed by atoms with van der Waals surface area (Å²) in [4.78, 5) is 29.5. The van der Waals surface area contributed by atoms with Crippen LogP contribution in [0.25, 0.3) is 0 Å². The van der Waals surface area contributed by atoms with Crippen LogP contribution < -0.4 is 0 Å². The summed E-state index contributed by atoms with van der Waals surface area (Å²) in [5.41, 5.74) is 4.51. The van der Waals surface area contributed by atoms with Crippen molar-refractivity contribution in [2.75, 3.05) is 27.2 Å². The number of nitrogens with zero attached hydrogens (tertiary/aromatic N) is 5. The molecule has 7 heteroatoms. The van der Waals surface area contributed by atoms with Gasteiger partial charge < -0.3 is 4.90 Å². The standard InChI is InChI=1S/C18H25N5OS/c1-13-20-15(8-17(21-13)18(24)22(2)3)7-14-5-4-6-23(9-14)10-16-11-25-12-19-16/h8,11-12,14H,4-7,9-10H2,1-3H3. The highest BCUT2D eigenvalue weighted by Crippen LogP contribution is 2.22. The number of rotatable bonds is 5. The summed E-state index contributed by atoms with van der Waals surface area (Å²) in [6.45, 7) is 4.96. The van der Waals surface area contributed by atoms with Crippen LogP contribution >= 0.6 is 11.3 Å². The third-order valence-corrected chi connectivity index (χ3v) is 5.12. The van der Waals surface area contributed by atoms with Gasteiger partial charge in [0.05, 0.1) is 11.2 Å². The van der Waals surface area contributed by atoms with Crippen molar-refractivity contribution in [3.8, 4) is 0 Å². The molecule has 2 aromatic rings. The maximum Gasteiger partial charge on any atom is 0.272 e. The summed E-state index contributed by atoms with van der Waals surface area (Å²) in [6.07, 6.45) is 3.29. The zero-order valence-electron chi connectivity index (χ0n) is 15.1. The van der Waals surface area contributed by atoms with Crippen molar-refractivity contribution < 1.29 is 4.79 Å². The van der Waals surface area contributed by atoms with E-state index in [1.54, 1.807) is 30.3 Å². The maximum atomic E-state index is 12.2. The van der Waals surface area contributed by atoms with E-state index in [2.05, 4.69) is 25.2 Å². The van der Waals surface area contributed by atoms with Crippen LogP contribution in [0.3, 0.4) is 0 Å². The molecule has 2 aromatic heterocycles. The summed E-state index contributed by atoms with van der Waals surface area (Å²) in [7, 11) is 3.49. The van der Waals surface area contributed by atoms with Gasteiger partial charge in [-0.3, -0.25) is 9.69 Å². The Kier molecular flexibility index (Phi) is 5.75. The molecule has 1 unspecified atom stereocenters. The second-order valence-corrected chi connectivity index (χ2v) is 7.64. The molecule has 1 aliphatic heterocycles. The maximum absolute atomic E-state index is 12.2. The minimum absolute atomic E-state index is 0.0689. The van der Waals surface area contributed by atoms with Gasteiger partial charge >= 0.3 is 0 Å². The van der Waals surface area contributed by atoms with Crippen molar-refractivity contribution in [3.63, 3.8) is 0 Å². The summed E-state index contributed by atoms with van der Waals surface area (Å²) in [5.74, 6) is 1.15. The Morgan fingerprint density at radius 2 is 2.20 bits per heavy atom. The first-order valence-corrected chi connectivity index (χ1v) is 9.61. The van der Waals surface area contributed by atoms with E-state index in [1.165, 1.54) is 12.8 Å². The lowest BCUT2D eigenvalue weighted by Crippen LogP contribution is -2.36. The lowest BCUT2D eigenvalue weighted by Gasteiger charge is -2.32. The third-order valence-electron chi connectivity index (χ3n) is 4.49. The number of carbonyl (C=O) groups excluding carboxylic acids is 1. The summed E-state index contributed by atoms with van der Waals surface area (Å²) >= 11 is 1.65. The largest absolute Gasteiger partial charge is 0.343 e. The third kappa shape index (κ3) is 4.83. The number of aromatic nitrogens is 3. The predicted molar refractivity (Wildman–Crippen MR) is 98.6 cm³/mol. The Morgan fingerprint density at radius 1 is 1.36 bits per heavy atom. The molecular weight excluding hydrogens is 334 g/mol. The molecule has 0 bridgehead atoms. The van der Waals surface area contributed by atoms with Crippen LogP contribution in [0.15, 0.2) is 17.0 Å². The van der Waals surface area contributed by atoms with Crippen molar-refractivity contribution in [1.29, 1.82) is 0 Å². The van der Waals surface area contributed by atoms with Crippen LogP contribution in [-0.4, -0.2) is 57.8 Å². The Balaban J connectivity index is 1.66. The van der Waals surface area contributed by atoms with E-state index in [1.807, 2.05) is 18.5 Å². The van der Waals surface area contributed by atoms with E-state index in [-0.39, 0.29) is 5.91 Å². The zero-order chi connectivity index (χ0) is 17.8. The molecule has 1 amide bonds. The lowest BCUT2D eigenvalue weighted by atomic mass is 9.93. The van der Waals surface area contributed by atoms with Gasteiger partial charge in [-0.1, -0.05) is 0 Å². The molecule has 6 nitrogen and oxygen atoms in total. The topological polar surface area (TPSA) is 62.2 Å². The first kappa shape index (κ1) is 17.9. The minimum Gasteiger partial charge on any atom is -0.343 e. The number of thiazole rings is 1. The highest BCUT2D eigenvalue weighted by Gasteiger charge is 2.22. The van der Waals surface area contributed by atoms with E-state index < -0.39 is 0 Å². The number of hydrogen-bond donors (Lipinski definition) is 0. The van der Waals surface area contributed by atoms with Gasteiger partial charge in [-0.05, 0) is 44.7 Å². The van der Waals surface area contributed by atoms with Gasteiger partial charge in [-0.2, -0.15) is 0 Å². The molecule has 1 atom stereocenters. The fraction of sp³-hybridized carbons (Fsp3) is 0.556. The van der Waals surface area contributed by atoms with Crippen LogP contribution in [0.1, 0.15) is 40.5 Å². The molecule has 1 aliphatic rings. The summed E-state index contributed by atoms with van der Waals surface area (Å²) in [5, 5.41) is 2.12. The van der Waals surface area contributed by atoms with Crippen molar-refractivity contribution in [2.45, 2.75) is 32.7 Å². The van der Waals surface area contributed by atoms with Crippen LogP contribution in [0.2, 0.25) is 0 Å². The molecule has 1 saturated heterocycles. The van der Waals surface area contributed by atoms with E-state index in [0.717, 1.165) is 37.4 Å². The van der Waals surface area contributed by atoms with E-state index >= 15 is 0 Å². The number of piperidine rings is 1. The second kappa shape index (κ2) is 8.01. The van der Waals surface area contributed by atoms with Crippen molar-refractivity contribution in [3.05, 3.63) is 39.9 Å². The average Bonchev–Trinajstić information content (AvgIpc) is 3.06. The fourth-order valence-electron chi connectivity index (χ4n) is 3.37. The monoisotopic (exact) mass is 359 g/mol. The highest BCUT2D eigenvalue weighted by atomic mass is 32.1. The van der Waals surface area contributed by atoms with Crippen molar-refractivity contribution >= 4 is 17.2 Å². The number of hydrogen-bond acceptors (Lipinski definition) is 6. The van der Waals surface area contributed by atoms with E-state index in [9.17, 15) is 4.79 Å². The molecular formula is C18H25N5OS. The van der Waals surface area contributed by atoms with Gasteiger partial charge in [0.1, 0.15) is 11.5 Å². The van der Waals surface area contributed by atoms with Gasteiger partial charge in [0.2, 0.25) is 0 Å². The Labute approximate surface area is 152 Å². The molecule has 0 radical (unpaired) electrons. The van der Waals surface area contributed by atoms with Gasteiger partial charge in [0.25, 0.3) is 5.91 Å². The predicted octanol–water partition coefficient (Wildman–Crippen LogP) is 2.40. The highest BCUT2D eigenvalue weighted by molar-refractivity contribution is 7.07. The Hall–Kier alpha value is -1.86. The molecule has 1 fully saturated rings. The van der Waals surface area contributed by atoms with Gasteiger partial charge in [0.15, 0.2) is 0 Å². The molecule has 134 valence electrons. The first-order valence-electron chi connectivity index (χ1n) is 8.67. The van der Waals surface area contributed by atoms with Crippen molar-refractivity contribution in [2.24, 2.45) is 5.92 Å². The quantitative estimate of drug-likeness (QED) is 0.820. The summed E-state index contributed by atoms with van der Waals surface area (Å²) in [6, 6.07) is 1.86. The molecule has 3 heterocycles. The van der Waals surface area contributed by atoms with Gasteiger partial charge in [-0.25, -0.2) is 15.0 Å². The fourth-order valence-corrected chi connectivity index (χ4v) is 3.92. The molecule has 0 aliphatic carbocycles. The smallest absolute Gasteiger partial charge is 0.272 e.